The molecule has 0 fully saturated rings. The van der Waals surface area contributed by atoms with Gasteiger partial charge in [0.1, 0.15) is 11.7 Å². The first-order valence-electron chi connectivity index (χ1n) is 3.81. The number of fused-ring (bicyclic) bond motifs is 1. The van der Waals surface area contributed by atoms with Crippen molar-refractivity contribution in [2.75, 3.05) is 10.6 Å². The third-order valence-electron chi connectivity index (χ3n) is 1.94. The first kappa shape index (κ1) is 7.15. The van der Waals surface area contributed by atoms with Gasteiger partial charge in [0.15, 0.2) is 5.82 Å². The van der Waals surface area contributed by atoms with E-state index in [1.54, 1.807) is 6.92 Å². The largest absolute Gasteiger partial charge is 0.355 e. The van der Waals surface area contributed by atoms with Crippen molar-refractivity contribution in [2.45, 2.75) is 19.9 Å². The molecule has 0 aliphatic carbocycles. The van der Waals surface area contributed by atoms with Gasteiger partial charge in [-0.1, -0.05) is 0 Å². The number of aromatic amines is 1. The summed E-state index contributed by atoms with van der Waals surface area (Å²) in [6.07, 6.45) is 0. The van der Waals surface area contributed by atoms with Crippen LogP contribution in [0, 0.1) is 6.92 Å². The fourth-order valence-corrected chi connectivity index (χ4v) is 1.19. The van der Waals surface area contributed by atoms with E-state index in [1.165, 1.54) is 0 Å². The van der Waals surface area contributed by atoms with E-state index in [4.69, 9.17) is 0 Å². The maximum atomic E-state index is 11.2. The van der Waals surface area contributed by atoms with Gasteiger partial charge in [-0.25, -0.2) is 0 Å². The van der Waals surface area contributed by atoms with Crippen LogP contribution in [-0.2, 0) is 4.79 Å². The number of anilines is 2. The summed E-state index contributed by atoms with van der Waals surface area (Å²) in [6, 6.07) is -0.208. The van der Waals surface area contributed by atoms with E-state index >= 15 is 0 Å². The van der Waals surface area contributed by atoms with Crippen molar-refractivity contribution in [3.05, 3.63) is 5.69 Å². The van der Waals surface area contributed by atoms with E-state index in [-0.39, 0.29) is 11.9 Å². The molecule has 3 N–H and O–H groups in total. The van der Waals surface area contributed by atoms with Gasteiger partial charge in [-0.15, -0.1) is 0 Å². The molecule has 0 bridgehead atoms. The van der Waals surface area contributed by atoms with Crippen molar-refractivity contribution in [3.8, 4) is 0 Å². The number of H-pyrrole nitrogens is 1. The minimum Gasteiger partial charge on any atom is -0.355 e. The van der Waals surface area contributed by atoms with Crippen molar-refractivity contribution < 1.29 is 4.79 Å². The molecule has 2 rings (SSSR count). The van der Waals surface area contributed by atoms with E-state index < -0.39 is 0 Å². The lowest BCUT2D eigenvalue weighted by atomic mass is 10.2. The molecule has 12 heavy (non-hydrogen) atoms. The number of carbonyl (C=O) groups excluding carboxylic acids is 1. The summed E-state index contributed by atoms with van der Waals surface area (Å²) < 4.78 is 0. The number of nitrogens with one attached hydrogen (secondary N) is 3. The molecule has 0 saturated carbocycles. The smallest absolute Gasteiger partial charge is 0.246 e. The Balaban J connectivity index is 2.43. The molecular formula is C7H10N4O. The second-order valence-electron chi connectivity index (χ2n) is 2.93. The zero-order valence-corrected chi connectivity index (χ0v) is 6.93. The first-order chi connectivity index (χ1) is 5.68. The summed E-state index contributed by atoms with van der Waals surface area (Å²) in [5.74, 6) is 0.701. The van der Waals surface area contributed by atoms with Crippen molar-refractivity contribution in [1.82, 2.24) is 10.2 Å². The highest BCUT2D eigenvalue weighted by Gasteiger charge is 2.24. The van der Waals surface area contributed by atoms with Gasteiger partial charge in [0, 0.05) is 0 Å². The van der Waals surface area contributed by atoms with Crippen LogP contribution in [0.1, 0.15) is 12.6 Å². The van der Waals surface area contributed by atoms with Crippen LogP contribution in [0.3, 0.4) is 0 Å². The predicted octanol–water partition coefficient (Wildman–Crippen LogP) is 0.471. The lowest BCUT2D eigenvalue weighted by Gasteiger charge is -2.20. The average Bonchev–Trinajstić information content (AvgIpc) is 2.35. The standard InChI is InChI=1S/C7H10N4O/c1-3-5-6(11-10-3)8-4(2)7(12)9-5/h4H,1-2H3,(H,9,12)(H2,8,10,11). The van der Waals surface area contributed by atoms with Gasteiger partial charge in [-0.3, -0.25) is 9.89 Å². The zero-order valence-electron chi connectivity index (χ0n) is 6.93. The summed E-state index contributed by atoms with van der Waals surface area (Å²) in [4.78, 5) is 11.2. The number of rotatable bonds is 0. The highest BCUT2D eigenvalue weighted by Crippen LogP contribution is 2.26. The Morgan fingerprint density at radius 3 is 3.00 bits per heavy atom. The fraction of sp³-hybridized carbons (Fsp3) is 0.429. The minimum atomic E-state index is -0.208. The number of nitrogens with zero attached hydrogens (tertiary/aromatic N) is 1. The number of aromatic nitrogens is 2. The Hall–Kier alpha value is -1.52. The topological polar surface area (TPSA) is 69.8 Å². The van der Waals surface area contributed by atoms with Crippen molar-refractivity contribution in [3.63, 3.8) is 0 Å². The van der Waals surface area contributed by atoms with Crippen LogP contribution in [-0.4, -0.2) is 22.1 Å². The predicted molar refractivity (Wildman–Crippen MR) is 45.0 cm³/mol. The van der Waals surface area contributed by atoms with Crippen LogP contribution in [0.5, 0.6) is 0 Å². The average molecular weight is 166 g/mol. The van der Waals surface area contributed by atoms with Gasteiger partial charge < -0.3 is 10.6 Å². The van der Waals surface area contributed by atoms with Crippen LogP contribution in [0.25, 0.3) is 0 Å². The number of amides is 1. The molecule has 1 aromatic rings. The molecule has 2 heterocycles. The van der Waals surface area contributed by atoms with E-state index in [1.807, 2.05) is 6.92 Å². The van der Waals surface area contributed by atoms with Crippen LogP contribution in [0.2, 0.25) is 0 Å². The lowest BCUT2D eigenvalue weighted by Crippen LogP contribution is -2.36. The number of hydrogen-bond acceptors (Lipinski definition) is 3. The molecule has 1 amide bonds. The van der Waals surface area contributed by atoms with Crippen LogP contribution in [0.4, 0.5) is 11.5 Å². The first-order valence-corrected chi connectivity index (χ1v) is 3.81. The molecule has 0 radical (unpaired) electrons. The Labute approximate surface area is 69.5 Å². The van der Waals surface area contributed by atoms with E-state index in [9.17, 15) is 4.79 Å². The molecule has 64 valence electrons. The molecule has 1 aliphatic heterocycles. The maximum absolute atomic E-state index is 11.2. The summed E-state index contributed by atoms with van der Waals surface area (Å²) in [5, 5.41) is 12.5. The van der Waals surface area contributed by atoms with Gasteiger partial charge in [-0.05, 0) is 13.8 Å². The van der Waals surface area contributed by atoms with E-state index in [0.29, 0.717) is 0 Å². The third kappa shape index (κ3) is 0.861. The molecule has 0 saturated heterocycles. The van der Waals surface area contributed by atoms with E-state index in [0.717, 1.165) is 17.2 Å². The normalized spacial score (nSPS) is 21.2. The summed E-state index contributed by atoms with van der Waals surface area (Å²) >= 11 is 0. The number of aryl methyl sites for hydroxylation is 1. The highest BCUT2D eigenvalue weighted by molar-refractivity contribution is 6.02. The lowest BCUT2D eigenvalue weighted by molar-refractivity contribution is -0.116. The second kappa shape index (κ2) is 2.23. The van der Waals surface area contributed by atoms with Gasteiger partial charge in [0.2, 0.25) is 5.91 Å². The van der Waals surface area contributed by atoms with Gasteiger partial charge in [-0.2, -0.15) is 5.10 Å². The monoisotopic (exact) mass is 166 g/mol. The van der Waals surface area contributed by atoms with Gasteiger partial charge in [0.05, 0.1) is 5.69 Å². The molecule has 1 aromatic heterocycles. The Bertz CT molecular complexity index is 330. The summed E-state index contributed by atoms with van der Waals surface area (Å²) in [7, 11) is 0. The number of carbonyl (C=O) groups is 1. The Morgan fingerprint density at radius 2 is 2.25 bits per heavy atom. The van der Waals surface area contributed by atoms with Gasteiger partial charge in [0.25, 0.3) is 0 Å². The molecule has 1 atom stereocenters. The summed E-state index contributed by atoms with van der Waals surface area (Å²) in [6.45, 7) is 3.66. The van der Waals surface area contributed by atoms with Crippen LogP contribution in [0.15, 0.2) is 0 Å². The van der Waals surface area contributed by atoms with Crippen LogP contribution >= 0.6 is 0 Å². The molecule has 0 aromatic carbocycles. The van der Waals surface area contributed by atoms with Crippen molar-refractivity contribution >= 4 is 17.4 Å². The molecule has 1 unspecified atom stereocenters. The highest BCUT2D eigenvalue weighted by atomic mass is 16.2. The Morgan fingerprint density at radius 1 is 1.50 bits per heavy atom. The van der Waals surface area contributed by atoms with E-state index in [2.05, 4.69) is 20.8 Å². The van der Waals surface area contributed by atoms with Crippen molar-refractivity contribution in [1.29, 1.82) is 0 Å². The molecule has 1 aliphatic rings. The number of hydrogen-bond donors (Lipinski definition) is 3. The summed E-state index contributed by atoms with van der Waals surface area (Å²) in [5.41, 5.74) is 1.64. The SMILES string of the molecule is Cc1[nH]nc2c1NC(=O)C(C)N2. The molecular weight excluding hydrogens is 156 g/mol. The third-order valence-corrected chi connectivity index (χ3v) is 1.94. The molecule has 5 heteroatoms. The maximum Gasteiger partial charge on any atom is 0.246 e. The molecule has 5 nitrogen and oxygen atoms in total. The molecule has 0 spiro atoms. The second-order valence-corrected chi connectivity index (χ2v) is 2.93. The van der Waals surface area contributed by atoms with Crippen molar-refractivity contribution in [2.24, 2.45) is 0 Å². The minimum absolute atomic E-state index is 0.0213. The Kier molecular flexibility index (Phi) is 1.33. The zero-order chi connectivity index (χ0) is 8.72. The quantitative estimate of drug-likeness (QED) is 0.524. The fourth-order valence-electron chi connectivity index (χ4n) is 1.19. The van der Waals surface area contributed by atoms with Gasteiger partial charge >= 0.3 is 0 Å². The van der Waals surface area contributed by atoms with Crippen LogP contribution < -0.4 is 10.6 Å².